The van der Waals surface area contributed by atoms with Gasteiger partial charge in [0.25, 0.3) is 0 Å². The van der Waals surface area contributed by atoms with Gasteiger partial charge in [-0.3, -0.25) is 9.78 Å². The zero-order valence-electron chi connectivity index (χ0n) is 13.2. The van der Waals surface area contributed by atoms with Gasteiger partial charge in [0.15, 0.2) is 0 Å². The molecule has 0 radical (unpaired) electrons. The van der Waals surface area contributed by atoms with Crippen molar-refractivity contribution in [3.63, 3.8) is 0 Å². The van der Waals surface area contributed by atoms with Crippen LogP contribution in [0.3, 0.4) is 0 Å². The lowest BCUT2D eigenvalue weighted by Crippen LogP contribution is -2.45. The van der Waals surface area contributed by atoms with Gasteiger partial charge in [0.1, 0.15) is 0 Å². The van der Waals surface area contributed by atoms with Crippen molar-refractivity contribution in [2.24, 2.45) is 5.92 Å². The lowest BCUT2D eigenvalue weighted by Gasteiger charge is -2.34. The van der Waals surface area contributed by atoms with Crippen molar-refractivity contribution >= 4 is 17.7 Å². The summed E-state index contributed by atoms with van der Waals surface area (Å²) in [6.45, 7) is 3.80. The van der Waals surface area contributed by atoms with E-state index in [0.717, 1.165) is 25.1 Å². The Kier molecular flexibility index (Phi) is 5.75. The highest BCUT2D eigenvalue weighted by molar-refractivity contribution is 5.92. The summed E-state index contributed by atoms with van der Waals surface area (Å²) < 4.78 is 4.79. The van der Waals surface area contributed by atoms with E-state index in [-0.39, 0.29) is 17.9 Å². The molecule has 6 heteroatoms. The minimum Gasteiger partial charge on any atom is -0.453 e. The SMILES string of the molecule is CCC(=O)N(CC1CCCN(C(=O)OC)C1)c1cccnc1. The first kappa shape index (κ1) is 16.3. The van der Waals surface area contributed by atoms with E-state index >= 15 is 0 Å². The number of amides is 2. The van der Waals surface area contributed by atoms with E-state index in [2.05, 4.69) is 4.98 Å². The second-order valence-corrected chi connectivity index (χ2v) is 5.49. The molecule has 22 heavy (non-hydrogen) atoms. The molecule has 2 heterocycles. The number of carbonyl (C=O) groups excluding carboxylic acids is 2. The standard InChI is InChI=1S/C16H23N3O3/c1-3-15(20)19(14-7-4-8-17-10-14)12-13-6-5-9-18(11-13)16(21)22-2/h4,7-8,10,13H,3,5-6,9,11-12H2,1-2H3. The number of likely N-dealkylation sites (tertiary alicyclic amines) is 1. The predicted octanol–water partition coefficient (Wildman–Crippen LogP) is 2.30. The highest BCUT2D eigenvalue weighted by Gasteiger charge is 2.27. The number of nitrogens with zero attached hydrogens (tertiary/aromatic N) is 3. The summed E-state index contributed by atoms with van der Waals surface area (Å²) in [6, 6.07) is 3.72. The third kappa shape index (κ3) is 3.96. The first-order valence-corrected chi connectivity index (χ1v) is 7.69. The Bertz CT molecular complexity index is 507. The Morgan fingerprint density at radius 2 is 2.32 bits per heavy atom. The van der Waals surface area contributed by atoms with E-state index in [1.807, 2.05) is 19.1 Å². The molecule has 0 bridgehead atoms. The second-order valence-electron chi connectivity index (χ2n) is 5.49. The molecule has 2 rings (SSSR count). The topological polar surface area (TPSA) is 62.7 Å². The molecule has 2 amide bonds. The van der Waals surface area contributed by atoms with E-state index in [1.54, 1.807) is 22.2 Å². The molecule has 0 spiro atoms. The fraction of sp³-hybridized carbons (Fsp3) is 0.562. The predicted molar refractivity (Wildman–Crippen MR) is 83.6 cm³/mol. The Labute approximate surface area is 131 Å². The van der Waals surface area contributed by atoms with Gasteiger partial charge in [-0.25, -0.2) is 4.79 Å². The molecule has 0 aliphatic carbocycles. The molecule has 120 valence electrons. The fourth-order valence-electron chi connectivity index (χ4n) is 2.82. The Balaban J connectivity index is 2.07. The molecule has 1 atom stereocenters. The number of methoxy groups -OCH3 is 1. The number of hydrogen-bond donors (Lipinski definition) is 0. The highest BCUT2D eigenvalue weighted by atomic mass is 16.5. The maximum Gasteiger partial charge on any atom is 0.409 e. The summed E-state index contributed by atoms with van der Waals surface area (Å²) in [6.07, 6.45) is 5.48. The number of aromatic nitrogens is 1. The van der Waals surface area contributed by atoms with Crippen LogP contribution in [0.1, 0.15) is 26.2 Å². The zero-order valence-corrected chi connectivity index (χ0v) is 13.2. The third-order valence-corrected chi connectivity index (χ3v) is 3.95. The van der Waals surface area contributed by atoms with Gasteiger partial charge in [0.2, 0.25) is 5.91 Å². The van der Waals surface area contributed by atoms with Crippen molar-refractivity contribution in [3.8, 4) is 0 Å². The monoisotopic (exact) mass is 305 g/mol. The van der Waals surface area contributed by atoms with Crippen molar-refractivity contribution in [1.29, 1.82) is 0 Å². The molecular weight excluding hydrogens is 282 g/mol. The van der Waals surface area contributed by atoms with Crippen LogP contribution in [0.15, 0.2) is 24.5 Å². The minimum absolute atomic E-state index is 0.0724. The lowest BCUT2D eigenvalue weighted by atomic mass is 9.97. The van der Waals surface area contributed by atoms with Gasteiger partial charge in [0, 0.05) is 32.3 Å². The maximum absolute atomic E-state index is 12.3. The van der Waals surface area contributed by atoms with Gasteiger partial charge >= 0.3 is 6.09 Å². The van der Waals surface area contributed by atoms with Gasteiger partial charge in [-0.1, -0.05) is 6.92 Å². The zero-order chi connectivity index (χ0) is 15.9. The van der Waals surface area contributed by atoms with Gasteiger partial charge < -0.3 is 14.5 Å². The van der Waals surface area contributed by atoms with Crippen LogP contribution in [-0.4, -0.2) is 48.6 Å². The molecule has 1 fully saturated rings. The van der Waals surface area contributed by atoms with Crippen LogP contribution < -0.4 is 4.90 Å². The van der Waals surface area contributed by atoms with E-state index < -0.39 is 0 Å². The number of anilines is 1. The lowest BCUT2D eigenvalue weighted by molar-refractivity contribution is -0.118. The number of piperidine rings is 1. The van der Waals surface area contributed by atoms with Gasteiger partial charge in [0.05, 0.1) is 19.0 Å². The molecule has 1 aliphatic rings. The molecule has 1 aliphatic heterocycles. The molecule has 1 unspecified atom stereocenters. The number of carbonyl (C=O) groups is 2. The molecule has 0 aromatic carbocycles. The maximum atomic E-state index is 12.3. The summed E-state index contributed by atoms with van der Waals surface area (Å²) >= 11 is 0. The van der Waals surface area contributed by atoms with Crippen molar-refractivity contribution in [2.75, 3.05) is 31.6 Å². The normalized spacial score (nSPS) is 17.9. The van der Waals surface area contributed by atoms with E-state index in [0.29, 0.717) is 19.5 Å². The first-order valence-electron chi connectivity index (χ1n) is 7.69. The molecule has 0 saturated carbocycles. The quantitative estimate of drug-likeness (QED) is 0.856. The molecule has 6 nitrogen and oxygen atoms in total. The number of ether oxygens (including phenoxy) is 1. The largest absolute Gasteiger partial charge is 0.453 e. The molecular formula is C16H23N3O3. The van der Waals surface area contributed by atoms with Gasteiger partial charge in [-0.15, -0.1) is 0 Å². The molecule has 0 N–H and O–H groups in total. The molecule has 1 aromatic rings. The van der Waals surface area contributed by atoms with Crippen LogP contribution in [-0.2, 0) is 9.53 Å². The van der Waals surface area contributed by atoms with Crippen LogP contribution in [0.5, 0.6) is 0 Å². The number of pyridine rings is 1. The summed E-state index contributed by atoms with van der Waals surface area (Å²) in [7, 11) is 1.40. The average Bonchev–Trinajstić information content (AvgIpc) is 2.59. The summed E-state index contributed by atoms with van der Waals surface area (Å²) in [5.41, 5.74) is 0.810. The molecule has 1 aromatic heterocycles. The van der Waals surface area contributed by atoms with Crippen molar-refractivity contribution in [2.45, 2.75) is 26.2 Å². The van der Waals surface area contributed by atoms with Crippen molar-refractivity contribution in [3.05, 3.63) is 24.5 Å². The highest BCUT2D eigenvalue weighted by Crippen LogP contribution is 2.22. The Morgan fingerprint density at radius 3 is 2.95 bits per heavy atom. The van der Waals surface area contributed by atoms with Crippen LogP contribution in [0.4, 0.5) is 10.5 Å². The van der Waals surface area contributed by atoms with E-state index in [1.165, 1.54) is 7.11 Å². The Hall–Kier alpha value is -2.11. The third-order valence-electron chi connectivity index (χ3n) is 3.95. The summed E-state index contributed by atoms with van der Waals surface area (Å²) in [4.78, 5) is 31.5. The summed E-state index contributed by atoms with van der Waals surface area (Å²) in [5.74, 6) is 0.326. The van der Waals surface area contributed by atoms with Crippen LogP contribution >= 0.6 is 0 Å². The number of rotatable bonds is 4. The van der Waals surface area contributed by atoms with E-state index in [9.17, 15) is 9.59 Å². The second kappa shape index (κ2) is 7.77. The van der Waals surface area contributed by atoms with Crippen LogP contribution in [0, 0.1) is 5.92 Å². The number of hydrogen-bond acceptors (Lipinski definition) is 4. The van der Waals surface area contributed by atoms with Gasteiger partial charge in [-0.2, -0.15) is 0 Å². The first-order chi connectivity index (χ1) is 10.7. The average molecular weight is 305 g/mol. The van der Waals surface area contributed by atoms with Crippen LogP contribution in [0.25, 0.3) is 0 Å². The van der Waals surface area contributed by atoms with Gasteiger partial charge in [-0.05, 0) is 30.9 Å². The van der Waals surface area contributed by atoms with Crippen molar-refractivity contribution < 1.29 is 14.3 Å². The van der Waals surface area contributed by atoms with Crippen LogP contribution in [0.2, 0.25) is 0 Å². The van der Waals surface area contributed by atoms with E-state index in [4.69, 9.17) is 4.74 Å². The minimum atomic E-state index is -0.292. The van der Waals surface area contributed by atoms with Crippen molar-refractivity contribution in [1.82, 2.24) is 9.88 Å². The smallest absolute Gasteiger partial charge is 0.409 e. The molecule has 1 saturated heterocycles. The fourth-order valence-corrected chi connectivity index (χ4v) is 2.82. The Morgan fingerprint density at radius 1 is 1.50 bits per heavy atom. The summed E-state index contributed by atoms with van der Waals surface area (Å²) in [5, 5.41) is 0.